The Balaban J connectivity index is 2.20. The van der Waals surface area contributed by atoms with E-state index in [0.29, 0.717) is 16.3 Å². The van der Waals surface area contributed by atoms with E-state index in [-0.39, 0.29) is 16.6 Å². The Hall–Kier alpha value is -2.31. The Bertz CT molecular complexity index is 702. The van der Waals surface area contributed by atoms with Crippen LogP contribution < -0.4 is 11.1 Å². The monoisotopic (exact) mass is 324 g/mol. The van der Waals surface area contributed by atoms with Gasteiger partial charge in [0.25, 0.3) is 5.91 Å². The van der Waals surface area contributed by atoms with Gasteiger partial charge in [-0.3, -0.25) is 4.79 Å². The molecule has 0 radical (unpaired) electrons. The molecule has 0 saturated carbocycles. The molecule has 2 aromatic rings. The summed E-state index contributed by atoms with van der Waals surface area (Å²) in [5.74, 6) is -0.501. The van der Waals surface area contributed by atoms with Crippen LogP contribution >= 0.6 is 23.2 Å². The van der Waals surface area contributed by atoms with Gasteiger partial charge in [-0.1, -0.05) is 28.4 Å². The summed E-state index contributed by atoms with van der Waals surface area (Å²) < 4.78 is 0. The highest BCUT2D eigenvalue weighted by atomic mass is 35.5. The third-order valence-corrected chi connectivity index (χ3v) is 3.12. The molecule has 4 N–H and O–H groups in total. The van der Waals surface area contributed by atoms with Crippen LogP contribution in [0.1, 0.15) is 16.1 Å². The zero-order valence-corrected chi connectivity index (χ0v) is 12.1. The zero-order valence-electron chi connectivity index (χ0n) is 10.5. The number of anilines is 1. The van der Waals surface area contributed by atoms with E-state index in [4.69, 9.17) is 34.1 Å². The molecule has 1 aromatic heterocycles. The summed E-state index contributed by atoms with van der Waals surface area (Å²) in [6.45, 7) is 0. The summed E-state index contributed by atoms with van der Waals surface area (Å²) in [6, 6.07) is 7.64. The highest BCUT2D eigenvalue weighted by Gasteiger charge is 2.11. The maximum Gasteiger partial charge on any atom is 0.274 e. The van der Waals surface area contributed by atoms with Crippen LogP contribution in [-0.2, 0) is 0 Å². The number of amidine groups is 1. The Morgan fingerprint density at radius 2 is 2.05 bits per heavy atom. The third kappa shape index (κ3) is 3.62. The van der Waals surface area contributed by atoms with Crippen LogP contribution in [0.25, 0.3) is 0 Å². The van der Waals surface area contributed by atoms with Crippen LogP contribution in [0.5, 0.6) is 0 Å². The number of amides is 1. The molecule has 108 valence electrons. The van der Waals surface area contributed by atoms with E-state index in [1.165, 1.54) is 18.3 Å². The maximum atomic E-state index is 12.0. The number of hydrogen-bond acceptors (Lipinski definition) is 4. The fraction of sp³-hybridized carbons (Fsp3) is 0. The van der Waals surface area contributed by atoms with E-state index < -0.39 is 5.91 Å². The van der Waals surface area contributed by atoms with Crippen LogP contribution in [0.2, 0.25) is 10.0 Å². The van der Waals surface area contributed by atoms with Crippen molar-refractivity contribution in [2.45, 2.75) is 0 Å². The number of carbonyl (C=O) groups is 1. The van der Waals surface area contributed by atoms with Crippen molar-refractivity contribution in [3.05, 3.63) is 57.8 Å². The quantitative estimate of drug-likeness (QED) is 0.349. The van der Waals surface area contributed by atoms with Gasteiger partial charge >= 0.3 is 0 Å². The Labute approximate surface area is 130 Å². The van der Waals surface area contributed by atoms with E-state index in [2.05, 4.69) is 15.5 Å². The van der Waals surface area contributed by atoms with Crippen molar-refractivity contribution in [2.24, 2.45) is 10.9 Å². The highest BCUT2D eigenvalue weighted by molar-refractivity contribution is 6.34. The third-order valence-electron chi connectivity index (χ3n) is 2.58. The lowest BCUT2D eigenvalue weighted by Crippen LogP contribution is -2.15. The summed E-state index contributed by atoms with van der Waals surface area (Å²) >= 11 is 11.7. The number of nitrogens with zero attached hydrogens (tertiary/aromatic N) is 2. The van der Waals surface area contributed by atoms with Crippen molar-refractivity contribution in [1.82, 2.24) is 4.98 Å². The second-order valence-electron chi connectivity index (χ2n) is 4.00. The van der Waals surface area contributed by atoms with Crippen molar-refractivity contribution < 1.29 is 10.0 Å². The van der Waals surface area contributed by atoms with Gasteiger partial charge in [-0.15, -0.1) is 0 Å². The number of hydrogen-bond donors (Lipinski definition) is 3. The second kappa shape index (κ2) is 6.43. The molecule has 0 aliphatic rings. The van der Waals surface area contributed by atoms with Crippen LogP contribution in [-0.4, -0.2) is 21.9 Å². The SMILES string of the molecule is N/C(=N/O)c1ccc(NC(=O)c2ccc(Cl)cn2)c(Cl)c1. The number of rotatable bonds is 3. The molecule has 1 amide bonds. The van der Waals surface area contributed by atoms with Gasteiger partial charge in [-0.25, -0.2) is 4.98 Å². The van der Waals surface area contributed by atoms with Gasteiger partial charge in [0.15, 0.2) is 5.84 Å². The molecular weight excluding hydrogens is 315 g/mol. The smallest absolute Gasteiger partial charge is 0.274 e. The number of nitrogens with two attached hydrogens (primary N) is 1. The first-order valence-electron chi connectivity index (χ1n) is 5.71. The number of carbonyl (C=O) groups excluding carboxylic acids is 1. The molecule has 2 rings (SSSR count). The van der Waals surface area contributed by atoms with Crippen LogP contribution in [0, 0.1) is 0 Å². The molecule has 0 bridgehead atoms. The number of nitrogens with one attached hydrogen (secondary N) is 1. The Morgan fingerprint density at radius 1 is 1.29 bits per heavy atom. The van der Waals surface area contributed by atoms with E-state index in [9.17, 15) is 4.79 Å². The Kier molecular flexibility index (Phi) is 4.62. The first kappa shape index (κ1) is 15.1. The van der Waals surface area contributed by atoms with Gasteiger partial charge in [0.1, 0.15) is 5.69 Å². The molecule has 1 heterocycles. The molecule has 0 aliphatic carbocycles. The number of benzene rings is 1. The van der Waals surface area contributed by atoms with E-state index in [1.54, 1.807) is 18.2 Å². The molecule has 0 unspecified atom stereocenters. The first-order valence-corrected chi connectivity index (χ1v) is 6.47. The number of oxime groups is 1. The van der Waals surface area contributed by atoms with Crippen LogP contribution in [0.4, 0.5) is 5.69 Å². The number of pyridine rings is 1. The maximum absolute atomic E-state index is 12.0. The van der Waals surface area contributed by atoms with Gasteiger partial charge in [0.2, 0.25) is 0 Å². The minimum atomic E-state index is -0.426. The molecular formula is C13H10Cl2N4O2. The van der Waals surface area contributed by atoms with Crippen molar-refractivity contribution in [2.75, 3.05) is 5.32 Å². The molecule has 1 aromatic carbocycles. The molecule has 8 heteroatoms. The summed E-state index contributed by atoms with van der Waals surface area (Å²) in [5.41, 5.74) is 6.47. The molecule has 0 fully saturated rings. The van der Waals surface area contributed by atoms with Gasteiger partial charge < -0.3 is 16.3 Å². The lowest BCUT2D eigenvalue weighted by molar-refractivity contribution is 0.102. The summed E-state index contributed by atoms with van der Waals surface area (Å²) in [7, 11) is 0. The summed E-state index contributed by atoms with van der Waals surface area (Å²) in [6.07, 6.45) is 1.37. The average molecular weight is 325 g/mol. The van der Waals surface area contributed by atoms with Crippen molar-refractivity contribution in [1.29, 1.82) is 0 Å². The number of halogens is 2. The van der Waals surface area contributed by atoms with Gasteiger partial charge in [0.05, 0.1) is 15.7 Å². The van der Waals surface area contributed by atoms with Crippen LogP contribution in [0.15, 0.2) is 41.7 Å². The first-order chi connectivity index (χ1) is 10.0. The van der Waals surface area contributed by atoms with Gasteiger partial charge in [0, 0.05) is 11.8 Å². The van der Waals surface area contributed by atoms with Crippen molar-refractivity contribution in [3.8, 4) is 0 Å². The topological polar surface area (TPSA) is 101 Å². The van der Waals surface area contributed by atoms with E-state index in [1.807, 2.05) is 0 Å². The molecule has 0 aliphatic heterocycles. The fourth-order valence-electron chi connectivity index (χ4n) is 1.53. The van der Waals surface area contributed by atoms with Crippen molar-refractivity contribution in [3.63, 3.8) is 0 Å². The lowest BCUT2D eigenvalue weighted by Gasteiger charge is -2.08. The predicted molar refractivity (Wildman–Crippen MR) is 81.2 cm³/mol. The average Bonchev–Trinajstić information content (AvgIpc) is 2.49. The molecule has 0 atom stereocenters. The van der Waals surface area contributed by atoms with E-state index in [0.717, 1.165) is 0 Å². The second-order valence-corrected chi connectivity index (χ2v) is 4.84. The molecule has 21 heavy (non-hydrogen) atoms. The Morgan fingerprint density at radius 3 is 2.62 bits per heavy atom. The highest BCUT2D eigenvalue weighted by Crippen LogP contribution is 2.23. The normalized spacial score (nSPS) is 11.2. The zero-order chi connectivity index (χ0) is 15.4. The minimum Gasteiger partial charge on any atom is -0.409 e. The predicted octanol–water partition coefficient (Wildman–Crippen LogP) is 2.74. The molecule has 6 nitrogen and oxygen atoms in total. The van der Waals surface area contributed by atoms with Gasteiger partial charge in [-0.2, -0.15) is 0 Å². The standard InChI is InChI=1S/C13H10Cl2N4O2/c14-8-2-4-11(17-6-8)13(20)18-10-3-1-7(5-9(10)15)12(16)19-21/h1-6,21H,(H2,16,19)(H,18,20). The fourth-order valence-corrected chi connectivity index (χ4v) is 1.87. The molecule has 0 spiro atoms. The minimum absolute atomic E-state index is 0.0749. The largest absolute Gasteiger partial charge is 0.409 e. The molecule has 0 saturated heterocycles. The summed E-state index contributed by atoms with van der Waals surface area (Å²) in [4.78, 5) is 15.9. The lowest BCUT2D eigenvalue weighted by atomic mass is 10.2. The van der Waals surface area contributed by atoms with Crippen LogP contribution in [0.3, 0.4) is 0 Å². The summed E-state index contributed by atoms with van der Waals surface area (Å²) in [5, 5.41) is 14.8. The van der Waals surface area contributed by atoms with Crippen molar-refractivity contribution >= 4 is 40.6 Å². The number of aromatic nitrogens is 1. The van der Waals surface area contributed by atoms with E-state index >= 15 is 0 Å². The van der Waals surface area contributed by atoms with Gasteiger partial charge in [-0.05, 0) is 30.3 Å².